The largest absolute Gasteiger partial charge is 0.504 e. The van der Waals surface area contributed by atoms with Crippen molar-refractivity contribution in [2.45, 2.75) is 50.9 Å². The van der Waals surface area contributed by atoms with Crippen molar-refractivity contribution in [3.05, 3.63) is 59.7 Å². The lowest BCUT2D eigenvalue weighted by Gasteiger charge is -2.46. The van der Waals surface area contributed by atoms with E-state index in [1.165, 1.54) is 0 Å². The molecule has 5 nitrogen and oxygen atoms in total. The number of likely N-dealkylation sites (tertiary alicyclic amines) is 1. The molecule has 0 saturated carbocycles. The van der Waals surface area contributed by atoms with Crippen molar-refractivity contribution in [1.29, 1.82) is 0 Å². The van der Waals surface area contributed by atoms with Crippen LogP contribution in [-0.2, 0) is 0 Å². The minimum atomic E-state index is -0.297. The molecule has 2 N–H and O–H groups in total. The smallest absolute Gasteiger partial charge is 0.162 e. The van der Waals surface area contributed by atoms with E-state index < -0.39 is 0 Å². The van der Waals surface area contributed by atoms with Gasteiger partial charge in [-0.1, -0.05) is 42.5 Å². The number of aliphatic imine (C=N–C) groups is 1. The van der Waals surface area contributed by atoms with Gasteiger partial charge in [0.1, 0.15) is 5.66 Å². The van der Waals surface area contributed by atoms with E-state index in [2.05, 4.69) is 48.3 Å². The minimum absolute atomic E-state index is 0.0107. The summed E-state index contributed by atoms with van der Waals surface area (Å²) < 4.78 is 5.35. The van der Waals surface area contributed by atoms with Gasteiger partial charge in [0.05, 0.1) is 7.11 Å². The number of para-hydroxylation sites is 1. The van der Waals surface area contributed by atoms with Crippen molar-refractivity contribution >= 4 is 5.71 Å². The van der Waals surface area contributed by atoms with Crippen molar-refractivity contribution in [1.82, 2.24) is 10.2 Å². The molecule has 0 aromatic heterocycles. The maximum Gasteiger partial charge on any atom is 0.162 e. The lowest BCUT2D eigenvalue weighted by atomic mass is 9.87. The van der Waals surface area contributed by atoms with Gasteiger partial charge in [-0.25, -0.2) is 0 Å². The van der Waals surface area contributed by atoms with Crippen molar-refractivity contribution in [3.8, 4) is 11.5 Å². The number of nitrogens with zero attached hydrogens (tertiary/aromatic N) is 2. The number of hydrogen-bond acceptors (Lipinski definition) is 5. The maximum atomic E-state index is 10.8. The first kappa shape index (κ1) is 19.9. The third-order valence-corrected chi connectivity index (χ3v) is 6.28. The van der Waals surface area contributed by atoms with Gasteiger partial charge in [-0.2, -0.15) is 0 Å². The maximum absolute atomic E-state index is 10.8. The van der Waals surface area contributed by atoms with Crippen LogP contribution in [0.15, 0.2) is 53.5 Å². The van der Waals surface area contributed by atoms with Crippen LogP contribution in [0, 0.1) is 0 Å². The molecule has 1 atom stereocenters. The first-order chi connectivity index (χ1) is 14.0. The van der Waals surface area contributed by atoms with E-state index in [-0.39, 0.29) is 17.5 Å². The summed E-state index contributed by atoms with van der Waals surface area (Å²) in [5.41, 5.74) is 2.84. The van der Waals surface area contributed by atoms with Crippen molar-refractivity contribution < 1.29 is 9.84 Å². The molecule has 2 aliphatic rings. The van der Waals surface area contributed by atoms with E-state index in [1.807, 2.05) is 18.2 Å². The van der Waals surface area contributed by atoms with Crippen LogP contribution >= 0.6 is 0 Å². The molecule has 1 spiro atoms. The van der Waals surface area contributed by atoms with Crippen LogP contribution in [0.3, 0.4) is 0 Å². The van der Waals surface area contributed by atoms with Crippen LogP contribution in [0.1, 0.15) is 50.3 Å². The molecule has 1 fully saturated rings. The first-order valence-corrected chi connectivity index (χ1v) is 10.5. The van der Waals surface area contributed by atoms with E-state index in [0.29, 0.717) is 11.8 Å². The van der Waals surface area contributed by atoms with Crippen molar-refractivity contribution in [2.24, 2.45) is 4.99 Å². The molecule has 5 heteroatoms. The van der Waals surface area contributed by atoms with E-state index in [1.54, 1.807) is 13.2 Å². The quantitative estimate of drug-likeness (QED) is 0.820. The summed E-state index contributed by atoms with van der Waals surface area (Å²) in [5, 5.41) is 14.6. The van der Waals surface area contributed by atoms with Crippen LogP contribution in [0.2, 0.25) is 0 Å². The predicted molar refractivity (Wildman–Crippen MR) is 117 cm³/mol. The van der Waals surface area contributed by atoms with Gasteiger partial charge in [0.2, 0.25) is 0 Å². The highest BCUT2D eigenvalue weighted by atomic mass is 16.5. The molecule has 2 aliphatic heterocycles. The highest BCUT2D eigenvalue weighted by molar-refractivity contribution is 6.01. The fourth-order valence-corrected chi connectivity index (χ4v) is 4.56. The Kier molecular flexibility index (Phi) is 5.61. The third kappa shape index (κ3) is 4.02. The third-order valence-electron chi connectivity index (χ3n) is 6.28. The minimum Gasteiger partial charge on any atom is -0.504 e. The summed E-state index contributed by atoms with van der Waals surface area (Å²) in [4.78, 5) is 7.76. The van der Waals surface area contributed by atoms with Gasteiger partial charge in [0.15, 0.2) is 11.5 Å². The monoisotopic (exact) mass is 393 g/mol. The van der Waals surface area contributed by atoms with Crippen LogP contribution < -0.4 is 10.1 Å². The Morgan fingerprint density at radius 2 is 1.83 bits per heavy atom. The molecule has 1 saturated heterocycles. The fourth-order valence-electron chi connectivity index (χ4n) is 4.56. The fraction of sp³-hybridized carbons (Fsp3) is 0.458. The average Bonchev–Trinajstić information content (AvgIpc) is 2.74. The molecular weight excluding hydrogens is 362 g/mol. The van der Waals surface area contributed by atoms with Gasteiger partial charge < -0.3 is 14.7 Å². The molecule has 2 aromatic carbocycles. The summed E-state index contributed by atoms with van der Waals surface area (Å²) in [6.07, 6.45) is 2.66. The Morgan fingerprint density at radius 1 is 1.10 bits per heavy atom. The molecule has 2 heterocycles. The number of benzene rings is 2. The number of phenolic OH excluding ortho intramolecular Hbond substituents is 1. The Hall–Kier alpha value is -2.37. The summed E-state index contributed by atoms with van der Waals surface area (Å²) in [5.74, 6) is 0.730. The van der Waals surface area contributed by atoms with Gasteiger partial charge in [0, 0.05) is 42.9 Å². The number of ether oxygens (including phenoxy) is 1. The second-order valence-electron chi connectivity index (χ2n) is 8.38. The first-order valence-electron chi connectivity index (χ1n) is 10.5. The molecule has 0 amide bonds. The standard InChI is InChI=1S/C24H31N3O2/c1-17(2)27-14-12-24(13-15-27)25-20(18-8-5-4-6-9-18)16-21(26-24)19-10-7-11-22(29-3)23(19)28/h4-11,17,21,26,28H,12-16H2,1-3H3. The predicted octanol–water partition coefficient (Wildman–Crippen LogP) is 4.13. The van der Waals surface area contributed by atoms with Gasteiger partial charge >= 0.3 is 0 Å². The normalized spacial score (nSPS) is 21.9. The van der Waals surface area contributed by atoms with Crippen LogP contribution in [-0.4, -0.2) is 47.6 Å². The highest BCUT2D eigenvalue weighted by Crippen LogP contribution is 2.40. The molecule has 29 heavy (non-hydrogen) atoms. The van der Waals surface area contributed by atoms with Gasteiger partial charge in [-0.05, 0) is 38.3 Å². The molecule has 154 valence electrons. The van der Waals surface area contributed by atoms with E-state index >= 15 is 0 Å². The van der Waals surface area contributed by atoms with E-state index in [4.69, 9.17) is 9.73 Å². The summed E-state index contributed by atoms with van der Waals surface area (Å²) in [6, 6.07) is 16.7. The Balaban J connectivity index is 1.70. The zero-order valence-corrected chi connectivity index (χ0v) is 17.6. The second-order valence-corrected chi connectivity index (χ2v) is 8.38. The summed E-state index contributed by atoms with van der Waals surface area (Å²) >= 11 is 0. The Bertz CT molecular complexity index is 871. The van der Waals surface area contributed by atoms with Gasteiger partial charge in [-0.3, -0.25) is 10.3 Å². The SMILES string of the molecule is COc1cccc(C2CC(c3ccccc3)=NC3(CCN(C(C)C)CC3)N2)c1O. The van der Waals surface area contributed by atoms with Crippen LogP contribution in [0.4, 0.5) is 0 Å². The Labute approximate surface area is 173 Å². The number of phenols is 1. The zero-order valence-electron chi connectivity index (χ0n) is 17.6. The molecule has 0 aliphatic carbocycles. The van der Waals surface area contributed by atoms with Crippen LogP contribution in [0.5, 0.6) is 11.5 Å². The number of aromatic hydroxyl groups is 1. The molecule has 4 rings (SSSR count). The highest BCUT2D eigenvalue weighted by Gasteiger charge is 2.41. The topological polar surface area (TPSA) is 57.1 Å². The van der Waals surface area contributed by atoms with Gasteiger partial charge in [-0.15, -0.1) is 0 Å². The Morgan fingerprint density at radius 3 is 2.48 bits per heavy atom. The summed E-state index contributed by atoms with van der Waals surface area (Å²) in [7, 11) is 1.59. The average molecular weight is 394 g/mol. The lowest BCUT2D eigenvalue weighted by molar-refractivity contribution is 0.103. The van der Waals surface area contributed by atoms with Crippen molar-refractivity contribution in [3.63, 3.8) is 0 Å². The van der Waals surface area contributed by atoms with Crippen LogP contribution in [0.25, 0.3) is 0 Å². The number of rotatable bonds is 4. The van der Waals surface area contributed by atoms with Gasteiger partial charge in [0.25, 0.3) is 0 Å². The lowest BCUT2D eigenvalue weighted by Crippen LogP contribution is -2.56. The zero-order chi connectivity index (χ0) is 20.4. The van der Waals surface area contributed by atoms with E-state index in [0.717, 1.165) is 49.2 Å². The molecule has 0 radical (unpaired) electrons. The summed E-state index contributed by atoms with van der Waals surface area (Å²) in [6.45, 7) is 6.55. The number of methoxy groups -OCH3 is 1. The number of piperidine rings is 1. The molecule has 2 aromatic rings. The second kappa shape index (κ2) is 8.17. The van der Waals surface area contributed by atoms with E-state index in [9.17, 15) is 5.11 Å². The molecule has 0 bridgehead atoms. The van der Waals surface area contributed by atoms with Crippen molar-refractivity contribution in [2.75, 3.05) is 20.2 Å². The molecule has 1 unspecified atom stereocenters. The molecular formula is C24H31N3O2. The number of hydrogen-bond donors (Lipinski definition) is 2. The number of nitrogens with one attached hydrogen (secondary N) is 1.